The first-order valence-electron chi connectivity index (χ1n) is 11.4. The first-order chi connectivity index (χ1) is 16.2. The summed E-state index contributed by atoms with van der Waals surface area (Å²) < 4.78 is 7.31. The van der Waals surface area contributed by atoms with Crippen LogP contribution in [0.4, 0.5) is 5.95 Å². The van der Waals surface area contributed by atoms with Gasteiger partial charge in [-0.2, -0.15) is 5.10 Å². The summed E-state index contributed by atoms with van der Waals surface area (Å²) in [7, 11) is 3.46. The van der Waals surface area contributed by atoms with E-state index in [1.807, 2.05) is 46.2 Å². The average molecular weight is 448 g/mol. The van der Waals surface area contributed by atoms with Crippen LogP contribution in [0.1, 0.15) is 40.2 Å². The number of hydrogen-bond donors (Lipinski definition) is 1. The van der Waals surface area contributed by atoms with E-state index in [9.17, 15) is 4.79 Å². The summed E-state index contributed by atoms with van der Waals surface area (Å²) >= 11 is 0. The Morgan fingerprint density at radius 1 is 1.15 bits per heavy atom. The normalized spacial score (nSPS) is 16.0. The topological polar surface area (TPSA) is 88.4 Å². The Morgan fingerprint density at radius 2 is 1.97 bits per heavy atom. The van der Waals surface area contributed by atoms with Crippen LogP contribution < -0.4 is 10.1 Å². The molecule has 4 heterocycles. The van der Waals surface area contributed by atoms with Gasteiger partial charge >= 0.3 is 0 Å². The van der Waals surface area contributed by atoms with Crippen LogP contribution in [0.3, 0.4) is 0 Å². The minimum absolute atomic E-state index is 0.0218. The molecule has 0 saturated carbocycles. The molecule has 33 heavy (non-hydrogen) atoms. The van der Waals surface area contributed by atoms with Gasteiger partial charge in [-0.3, -0.25) is 9.69 Å². The van der Waals surface area contributed by atoms with Crippen LogP contribution in [0.15, 0.2) is 36.7 Å². The van der Waals surface area contributed by atoms with Crippen LogP contribution in [0.25, 0.3) is 5.69 Å². The minimum Gasteiger partial charge on any atom is -0.494 e. The Labute approximate surface area is 193 Å². The Kier molecular flexibility index (Phi) is 5.95. The molecule has 1 amide bonds. The second-order valence-corrected chi connectivity index (χ2v) is 8.50. The van der Waals surface area contributed by atoms with E-state index >= 15 is 0 Å². The second kappa shape index (κ2) is 9.19. The first kappa shape index (κ1) is 21.4. The molecule has 0 atom stereocenters. The zero-order valence-corrected chi connectivity index (χ0v) is 19.1. The van der Waals surface area contributed by atoms with Crippen LogP contribution >= 0.6 is 0 Å². The summed E-state index contributed by atoms with van der Waals surface area (Å²) in [6.45, 7) is 3.86. The average Bonchev–Trinajstić information content (AvgIpc) is 3.55. The van der Waals surface area contributed by atoms with Crippen LogP contribution in [-0.4, -0.2) is 69.2 Å². The lowest BCUT2D eigenvalue weighted by Crippen LogP contribution is -2.35. The third-order valence-corrected chi connectivity index (χ3v) is 6.33. The summed E-state index contributed by atoms with van der Waals surface area (Å²) in [6, 6.07) is 7.83. The summed E-state index contributed by atoms with van der Waals surface area (Å²) in [4.78, 5) is 26.7. The van der Waals surface area contributed by atoms with Crippen molar-refractivity contribution >= 4 is 11.9 Å². The van der Waals surface area contributed by atoms with Crippen molar-refractivity contribution in [3.63, 3.8) is 0 Å². The third-order valence-electron chi connectivity index (χ3n) is 6.33. The number of carbonyl (C=O) groups is 1. The molecule has 0 aliphatic carbocycles. The molecular weight excluding hydrogens is 418 g/mol. The van der Waals surface area contributed by atoms with Crippen LogP contribution in [-0.2, 0) is 19.5 Å². The molecule has 5 rings (SSSR count). The van der Waals surface area contributed by atoms with Gasteiger partial charge in [-0.05, 0) is 25.0 Å². The van der Waals surface area contributed by atoms with Crippen molar-refractivity contribution in [2.24, 2.45) is 0 Å². The van der Waals surface area contributed by atoms with Crippen LogP contribution in [0, 0.1) is 0 Å². The highest BCUT2D eigenvalue weighted by Gasteiger charge is 2.29. The van der Waals surface area contributed by atoms with Gasteiger partial charge in [0.25, 0.3) is 5.91 Å². The van der Waals surface area contributed by atoms with Crippen molar-refractivity contribution < 1.29 is 9.53 Å². The van der Waals surface area contributed by atoms with E-state index in [2.05, 4.69) is 25.3 Å². The van der Waals surface area contributed by atoms with Gasteiger partial charge in [-0.1, -0.05) is 12.1 Å². The number of anilines is 1. The van der Waals surface area contributed by atoms with E-state index in [4.69, 9.17) is 4.74 Å². The van der Waals surface area contributed by atoms with Crippen molar-refractivity contribution in [2.45, 2.75) is 32.4 Å². The summed E-state index contributed by atoms with van der Waals surface area (Å²) in [6.07, 6.45) is 6.82. The standard InChI is InChI=1S/C24H29N7O2/c1-25-24-27-19-9-12-29(16-18(19)22(28-24)23(32)30-10-5-6-11-30)14-17-13-26-31(15-17)20-7-3-4-8-21(20)33-2/h3-4,7-8,13,15H,5-6,9-12,14,16H2,1-2H3,(H,25,27,28). The Morgan fingerprint density at radius 3 is 2.76 bits per heavy atom. The van der Waals surface area contributed by atoms with Gasteiger partial charge in [-0.25, -0.2) is 14.6 Å². The zero-order chi connectivity index (χ0) is 22.8. The smallest absolute Gasteiger partial charge is 0.273 e. The van der Waals surface area contributed by atoms with E-state index < -0.39 is 0 Å². The third kappa shape index (κ3) is 4.28. The highest BCUT2D eigenvalue weighted by Crippen LogP contribution is 2.26. The molecule has 0 unspecified atom stereocenters. The fraction of sp³-hybridized carbons (Fsp3) is 0.417. The molecule has 3 aromatic rings. The van der Waals surface area contributed by atoms with Gasteiger partial charge in [-0.15, -0.1) is 0 Å². The number of hydrogen-bond acceptors (Lipinski definition) is 7. The van der Waals surface area contributed by atoms with Crippen molar-refractivity contribution in [1.82, 2.24) is 29.5 Å². The molecule has 2 aromatic heterocycles. The molecule has 1 fully saturated rings. The fourth-order valence-electron chi connectivity index (χ4n) is 4.61. The number of fused-ring (bicyclic) bond motifs is 1. The first-order valence-corrected chi connectivity index (χ1v) is 11.4. The molecule has 172 valence electrons. The van der Waals surface area contributed by atoms with E-state index in [1.165, 1.54) is 0 Å². The van der Waals surface area contributed by atoms with Crippen molar-refractivity contribution in [2.75, 3.05) is 39.1 Å². The number of benzene rings is 1. The largest absolute Gasteiger partial charge is 0.494 e. The molecule has 0 bridgehead atoms. The van der Waals surface area contributed by atoms with Gasteiger partial charge in [0, 0.05) is 63.5 Å². The number of methoxy groups -OCH3 is 1. The molecule has 0 spiro atoms. The Bertz CT molecular complexity index is 1150. The molecule has 1 saturated heterocycles. The maximum atomic E-state index is 13.2. The predicted molar refractivity (Wildman–Crippen MR) is 125 cm³/mol. The van der Waals surface area contributed by atoms with E-state index in [1.54, 1.807) is 14.2 Å². The van der Waals surface area contributed by atoms with Crippen LogP contribution in [0.5, 0.6) is 5.75 Å². The molecule has 2 aliphatic rings. The number of nitrogens with one attached hydrogen (secondary N) is 1. The number of likely N-dealkylation sites (tertiary alicyclic amines) is 1. The fourth-order valence-corrected chi connectivity index (χ4v) is 4.61. The number of nitrogens with zero attached hydrogens (tertiary/aromatic N) is 6. The lowest BCUT2D eigenvalue weighted by molar-refractivity contribution is 0.0783. The Hall–Kier alpha value is -3.46. The number of aromatic nitrogens is 4. The number of ether oxygens (including phenoxy) is 1. The maximum absolute atomic E-state index is 13.2. The lowest BCUT2D eigenvalue weighted by Gasteiger charge is -2.29. The number of carbonyl (C=O) groups excluding carboxylic acids is 1. The molecule has 9 nitrogen and oxygen atoms in total. The number of amides is 1. The van der Waals surface area contributed by atoms with Gasteiger partial charge in [0.2, 0.25) is 5.95 Å². The maximum Gasteiger partial charge on any atom is 0.273 e. The summed E-state index contributed by atoms with van der Waals surface area (Å²) in [5.41, 5.74) is 4.47. The lowest BCUT2D eigenvalue weighted by atomic mass is 10.0. The van der Waals surface area contributed by atoms with E-state index in [-0.39, 0.29) is 5.91 Å². The molecule has 2 aliphatic heterocycles. The van der Waals surface area contributed by atoms with Crippen molar-refractivity contribution in [3.8, 4) is 11.4 Å². The Balaban J connectivity index is 1.37. The SMILES string of the molecule is CNc1nc2c(c(C(=O)N3CCCC3)n1)CN(Cc1cnn(-c3ccccc3OC)c1)CC2. The quantitative estimate of drug-likeness (QED) is 0.621. The summed E-state index contributed by atoms with van der Waals surface area (Å²) in [5.74, 6) is 1.32. The van der Waals surface area contributed by atoms with Crippen molar-refractivity contribution in [1.29, 1.82) is 0 Å². The molecule has 1 aromatic carbocycles. The molecule has 0 radical (unpaired) electrons. The molecule has 9 heteroatoms. The minimum atomic E-state index is 0.0218. The zero-order valence-electron chi connectivity index (χ0n) is 19.1. The van der Waals surface area contributed by atoms with Gasteiger partial charge in [0.15, 0.2) is 0 Å². The number of para-hydroxylation sites is 2. The van der Waals surface area contributed by atoms with Crippen molar-refractivity contribution in [3.05, 3.63) is 59.2 Å². The van der Waals surface area contributed by atoms with Gasteiger partial charge < -0.3 is 15.0 Å². The van der Waals surface area contributed by atoms with Gasteiger partial charge in [0.05, 0.1) is 19.0 Å². The highest BCUT2D eigenvalue weighted by molar-refractivity contribution is 5.94. The highest BCUT2D eigenvalue weighted by atomic mass is 16.5. The van der Waals surface area contributed by atoms with E-state index in [0.717, 1.165) is 73.7 Å². The molecule has 1 N–H and O–H groups in total. The monoisotopic (exact) mass is 447 g/mol. The molecular formula is C24H29N7O2. The predicted octanol–water partition coefficient (Wildman–Crippen LogP) is 2.51. The van der Waals surface area contributed by atoms with E-state index in [0.29, 0.717) is 18.2 Å². The van der Waals surface area contributed by atoms with Gasteiger partial charge in [0.1, 0.15) is 17.1 Å². The second-order valence-electron chi connectivity index (χ2n) is 8.50. The summed E-state index contributed by atoms with van der Waals surface area (Å²) in [5, 5.41) is 7.56. The van der Waals surface area contributed by atoms with Crippen LogP contribution in [0.2, 0.25) is 0 Å². The number of rotatable bonds is 6.